The van der Waals surface area contributed by atoms with E-state index >= 15 is 0 Å². The van der Waals surface area contributed by atoms with Crippen molar-refractivity contribution in [2.45, 2.75) is 51.9 Å². The zero-order valence-electron chi connectivity index (χ0n) is 21.0. The van der Waals surface area contributed by atoms with E-state index in [1.54, 1.807) is 30.3 Å². The van der Waals surface area contributed by atoms with Gasteiger partial charge < -0.3 is 4.57 Å². The fourth-order valence-electron chi connectivity index (χ4n) is 5.31. The predicted octanol–water partition coefficient (Wildman–Crippen LogP) is 7.71. The lowest BCUT2D eigenvalue weighted by Gasteiger charge is -2.22. The van der Waals surface area contributed by atoms with E-state index in [0.717, 1.165) is 39.3 Å². The fourth-order valence-corrected chi connectivity index (χ4v) is 6.27. The SMILES string of the molecule is Cc1cc(/C=C2\SC(=O)N(CC(=O)c3ccc(Cl)cc3)C2=O)c(C)n1-c1ccc(C2CCCCC2)cc1. The molecule has 2 heterocycles. The number of rotatable bonds is 6. The molecule has 1 aromatic heterocycles. The number of nitrogens with zero attached hydrogens (tertiary/aromatic N) is 2. The van der Waals surface area contributed by atoms with Crippen LogP contribution >= 0.6 is 23.4 Å². The third-order valence-electron chi connectivity index (χ3n) is 7.33. The Hall–Kier alpha value is -3.09. The molecule has 0 unspecified atom stereocenters. The van der Waals surface area contributed by atoms with Crippen LogP contribution < -0.4 is 0 Å². The smallest absolute Gasteiger partial charge is 0.293 e. The minimum absolute atomic E-state index is 0.296. The van der Waals surface area contributed by atoms with Crippen LogP contribution in [-0.2, 0) is 4.79 Å². The van der Waals surface area contributed by atoms with Crippen molar-refractivity contribution in [2.75, 3.05) is 6.54 Å². The Kier molecular flexibility index (Phi) is 7.40. The van der Waals surface area contributed by atoms with Gasteiger partial charge in [0.1, 0.15) is 0 Å². The van der Waals surface area contributed by atoms with Crippen LogP contribution in [0.1, 0.15) is 70.9 Å². The number of Topliss-reactive ketones (excluding diaryl/α,β-unsaturated/α-hetero) is 1. The number of amides is 2. The molecular formula is C30H29ClN2O3S. The van der Waals surface area contributed by atoms with Crippen molar-refractivity contribution in [1.82, 2.24) is 9.47 Å². The Labute approximate surface area is 226 Å². The second-order valence-corrected chi connectivity index (χ2v) is 11.2. The number of hydrogen-bond acceptors (Lipinski definition) is 4. The molecule has 190 valence electrons. The maximum Gasteiger partial charge on any atom is 0.293 e. The van der Waals surface area contributed by atoms with Crippen LogP contribution in [0.25, 0.3) is 11.8 Å². The minimum atomic E-state index is -0.445. The lowest BCUT2D eigenvalue weighted by atomic mass is 9.84. The van der Waals surface area contributed by atoms with Gasteiger partial charge in [0.05, 0.1) is 11.4 Å². The lowest BCUT2D eigenvalue weighted by Crippen LogP contribution is -2.33. The number of benzene rings is 2. The molecule has 3 aromatic rings. The molecule has 1 saturated heterocycles. The highest BCUT2D eigenvalue weighted by molar-refractivity contribution is 8.18. The molecule has 7 heteroatoms. The zero-order chi connectivity index (χ0) is 26.1. The third kappa shape index (κ3) is 5.32. The monoisotopic (exact) mass is 532 g/mol. The van der Waals surface area contributed by atoms with Gasteiger partial charge in [0.2, 0.25) is 0 Å². The maximum absolute atomic E-state index is 13.0. The summed E-state index contributed by atoms with van der Waals surface area (Å²) in [6.07, 6.45) is 8.26. The van der Waals surface area contributed by atoms with E-state index in [1.165, 1.54) is 37.7 Å². The minimum Gasteiger partial charge on any atom is -0.318 e. The van der Waals surface area contributed by atoms with E-state index < -0.39 is 11.1 Å². The highest BCUT2D eigenvalue weighted by atomic mass is 35.5. The predicted molar refractivity (Wildman–Crippen MR) is 150 cm³/mol. The summed E-state index contributed by atoms with van der Waals surface area (Å²) >= 11 is 6.76. The number of carbonyl (C=O) groups excluding carboxylic acids is 3. The van der Waals surface area contributed by atoms with E-state index in [9.17, 15) is 14.4 Å². The molecule has 0 radical (unpaired) electrons. The topological polar surface area (TPSA) is 59.4 Å². The molecule has 0 bridgehead atoms. The molecule has 5 rings (SSSR count). The first-order valence-corrected chi connectivity index (χ1v) is 13.8. The molecule has 2 fully saturated rings. The maximum atomic E-state index is 13.0. The first-order chi connectivity index (χ1) is 17.8. The molecule has 1 aliphatic heterocycles. The lowest BCUT2D eigenvalue weighted by molar-refractivity contribution is -0.122. The first kappa shape index (κ1) is 25.6. The third-order valence-corrected chi connectivity index (χ3v) is 8.49. The van der Waals surface area contributed by atoms with Crippen LogP contribution in [0.2, 0.25) is 5.02 Å². The Bertz CT molecular complexity index is 1380. The van der Waals surface area contributed by atoms with Crippen molar-refractivity contribution < 1.29 is 14.4 Å². The molecule has 2 aromatic carbocycles. The van der Waals surface area contributed by atoms with Gasteiger partial charge in [-0.05, 0) is 104 Å². The van der Waals surface area contributed by atoms with Crippen molar-refractivity contribution in [3.05, 3.63) is 92.6 Å². The summed E-state index contributed by atoms with van der Waals surface area (Å²) in [7, 11) is 0. The van der Waals surface area contributed by atoms with Crippen LogP contribution in [0.5, 0.6) is 0 Å². The van der Waals surface area contributed by atoms with Crippen LogP contribution in [0.3, 0.4) is 0 Å². The van der Waals surface area contributed by atoms with Crippen LogP contribution in [0, 0.1) is 13.8 Å². The fraction of sp³-hybridized carbons (Fsp3) is 0.300. The van der Waals surface area contributed by atoms with Crippen molar-refractivity contribution in [2.24, 2.45) is 0 Å². The largest absolute Gasteiger partial charge is 0.318 e. The quantitative estimate of drug-likeness (QED) is 0.241. The summed E-state index contributed by atoms with van der Waals surface area (Å²) in [5.41, 5.74) is 5.82. The highest BCUT2D eigenvalue weighted by Crippen LogP contribution is 2.35. The molecule has 0 spiro atoms. The number of aromatic nitrogens is 1. The Morgan fingerprint density at radius 2 is 1.68 bits per heavy atom. The van der Waals surface area contributed by atoms with Gasteiger partial charge >= 0.3 is 0 Å². The van der Waals surface area contributed by atoms with Crippen LogP contribution in [-0.4, -0.2) is 32.9 Å². The summed E-state index contributed by atoms with van der Waals surface area (Å²) in [6.45, 7) is 3.76. The Morgan fingerprint density at radius 3 is 2.35 bits per heavy atom. The van der Waals surface area contributed by atoms with Gasteiger partial charge in [-0.3, -0.25) is 19.3 Å². The van der Waals surface area contributed by atoms with Crippen LogP contribution in [0.15, 0.2) is 59.5 Å². The molecule has 2 aliphatic rings. The Balaban J connectivity index is 1.34. The van der Waals surface area contributed by atoms with Crippen molar-refractivity contribution in [1.29, 1.82) is 0 Å². The molecule has 0 N–H and O–H groups in total. The summed E-state index contributed by atoms with van der Waals surface area (Å²) in [5, 5.41) is 0.0779. The molecule has 1 aliphatic carbocycles. The Morgan fingerprint density at radius 1 is 1.00 bits per heavy atom. The van der Waals surface area contributed by atoms with Crippen molar-refractivity contribution >= 4 is 46.4 Å². The summed E-state index contributed by atoms with van der Waals surface area (Å²) in [6, 6.07) is 17.3. The second-order valence-electron chi connectivity index (χ2n) is 9.79. The normalized spacial score (nSPS) is 17.7. The van der Waals surface area contributed by atoms with Gasteiger partial charge in [0, 0.05) is 27.7 Å². The van der Waals surface area contributed by atoms with Gasteiger partial charge in [-0.25, -0.2) is 0 Å². The average molecular weight is 533 g/mol. The van der Waals surface area contributed by atoms with E-state index in [-0.39, 0.29) is 12.3 Å². The number of halogens is 1. The standard InChI is InChI=1S/C30H29ClN2O3S/c1-19-16-24(20(2)33(19)26-14-10-22(11-15-26)21-6-4-3-5-7-21)17-28-29(35)32(30(36)37-28)18-27(34)23-8-12-25(31)13-9-23/h8-17,21H,3-7,18H2,1-2H3/b28-17-. The van der Waals surface area contributed by atoms with Gasteiger partial charge in [-0.15, -0.1) is 0 Å². The number of imide groups is 1. The number of ketones is 1. The summed E-state index contributed by atoms with van der Waals surface area (Å²) in [5.74, 6) is -0.0959. The average Bonchev–Trinajstić information content (AvgIpc) is 3.33. The zero-order valence-corrected chi connectivity index (χ0v) is 22.6. The molecular weight excluding hydrogens is 504 g/mol. The molecule has 0 atom stereocenters. The molecule has 2 amide bonds. The van der Waals surface area contributed by atoms with Gasteiger partial charge in [-0.2, -0.15) is 0 Å². The number of aryl methyl sites for hydroxylation is 1. The van der Waals surface area contributed by atoms with Crippen molar-refractivity contribution in [3.63, 3.8) is 0 Å². The number of hydrogen-bond donors (Lipinski definition) is 0. The molecule has 5 nitrogen and oxygen atoms in total. The van der Waals surface area contributed by atoms with Gasteiger partial charge in [0.25, 0.3) is 11.1 Å². The van der Waals surface area contributed by atoms with Crippen molar-refractivity contribution in [3.8, 4) is 5.69 Å². The van der Waals surface area contributed by atoms with E-state index in [0.29, 0.717) is 21.4 Å². The van der Waals surface area contributed by atoms with E-state index in [1.807, 2.05) is 19.9 Å². The summed E-state index contributed by atoms with van der Waals surface area (Å²) < 4.78 is 2.17. The molecule has 1 saturated carbocycles. The highest BCUT2D eigenvalue weighted by Gasteiger charge is 2.36. The van der Waals surface area contributed by atoms with Crippen LogP contribution in [0.4, 0.5) is 4.79 Å². The first-order valence-electron chi connectivity index (χ1n) is 12.7. The number of thioether (sulfide) groups is 1. The van der Waals surface area contributed by atoms with Gasteiger partial charge in [-0.1, -0.05) is 43.0 Å². The van der Waals surface area contributed by atoms with E-state index in [4.69, 9.17) is 11.6 Å². The van der Waals surface area contributed by atoms with Gasteiger partial charge in [0.15, 0.2) is 5.78 Å². The number of carbonyl (C=O) groups is 3. The second kappa shape index (κ2) is 10.7. The summed E-state index contributed by atoms with van der Waals surface area (Å²) in [4.78, 5) is 39.6. The molecule has 37 heavy (non-hydrogen) atoms. The van der Waals surface area contributed by atoms with E-state index in [2.05, 4.69) is 28.8 Å².